The molecule has 2 heterocycles. The first-order valence-electron chi connectivity index (χ1n) is 7.19. The molecule has 3 rings (SSSR count). The van der Waals surface area contributed by atoms with Gasteiger partial charge >= 0.3 is 6.36 Å². The Labute approximate surface area is 129 Å². The first kappa shape index (κ1) is 15.9. The van der Waals surface area contributed by atoms with Gasteiger partial charge in [0, 0.05) is 22.1 Å². The summed E-state index contributed by atoms with van der Waals surface area (Å²) >= 11 is 1.83. The van der Waals surface area contributed by atoms with Crippen molar-refractivity contribution < 1.29 is 27.4 Å². The monoisotopic (exact) mass is 336 g/mol. The largest absolute Gasteiger partial charge is 0.573 e. The molecule has 2 nitrogen and oxygen atoms in total. The minimum atomic E-state index is -4.86. The van der Waals surface area contributed by atoms with Crippen LogP contribution in [0.15, 0.2) is 18.2 Å². The molecule has 122 valence electrons. The molecule has 0 aliphatic carbocycles. The molecule has 0 saturated carbocycles. The van der Waals surface area contributed by atoms with Crippen molar-refractivity contribution in [3.8, 4) is 5.75 Å². The van der Waals surface area contributed by atoms with Crippen LogP contribution in [0.5, 0.6) is 5.75 Å². The van der Waals surface area contributed by atoms with Crippen LogP contribution >= 0.6 is 11.8 Å². The summed E-state index contributed by atoms with van der Waals surface area (Å²) in [6, 6.07) is 2.96. The average Bonchev–Trinajstić information content (AvgIpc) is 2.35. The third kappa shape index (κ3) is 3.35. The van der Waals surface area contributed by atoms with Gasteiger partial charge in [0.05, 0.1) is 5.60 Å². The van der Waals surface area contributed by atoms with Crippen molar-refractivity contribution in [3.05, 3.63) is 29.6 Å². The predicted molar refractivity (Wildman–Crippen MR) is 75.2 cm³/mol. The van der Waals surface area contributed by atoms with Crippen LogP contribution in [0.1, 0.15) is 37.7 Å². The maximum atomic E-state index is 14.2. The van der Waals surface area contributed by atoms with Crippen molar-refractivity contribution >= 4 is 11.8 Å². The Hall–Kier alpha value is -0.950. The molecule has 0 aromatic heterocycles. The van der Waals surface area contributed by atoms with E-state index in [1.165, 1.54) is 6.07 Å². The molecule has 1 aromatic rings. The van der Waals surface area contributed by atoms with Crippen LogP contribution in [0.4, 0.5) is 17.6 Å². The third-order valence-electron chi connectivity index (χ3n) is 4.24. The average molecular weight is 336 g/mol. The summed E-state index contributed by atoms with van der Waals surface area (Å²) in [5, 5.41) is 11.4. The Morgan fingerprint density at radius 2 is 1.82 bits per heavy atom. The smallest absolute Gasteiger partial charge is 0.406 e. The van der Waals surface area contributed by atoms with Crippen molar-refractivity contribution in [1.82, 2.24) is 0 Å². The van der Waals surface area contributed by atoms with Gasteiger partial charge in [-0.05, 0) is 37.8 Å². The van der Waals surface area contributed by atoms with E-state index in [9.17, 15) is 22.7 Å². The highest BCUT2D eigenvalue weighted by Gasteiger charge is 2.44. The van der Waals surface area contributed by atoms with Crippen molar-refractivity contribution in [2.24, 2.45) is 0 Å². The molecule has 2 atom stereocenters. The highest BCUT2D eigenvalue weighted by atomic mass is 32.2. The molecule has 0 amide bonds. The van der Waals surface area contributed by atoms with Crippen molar-refractivity contribution in [2.45, 2.75) is 54.6 Å². The van der Waals surface area contributed by atoms with E-state index in [1.807, 2.05) is 11.8 Å². The van der Waals surface area contributed by atoms with Gasteiger partial charge in [-0.15, -0.1) is 13.2 Å². The van der Waals surface area contributed by atoms with Crippen LogP contribution in [0.25, 0.3) is 0 Å². The summed E-state index contributed by atoms with van der Waals surface area (Å²) in [6.45, 7) is 0. The van der Waals surface area contributed by atoms with Gasteiger partial charge in [-0.25, -0.2) is 4.39 Å². The van der Waals surface area contributed by atoms with Crippen LogP contribution < -0.4 is 4.74 Å². The molecule has 0 radical (unpaired) electrons. The Balaban J connectivity index is 1.85. The quantitative estimate of drug-likeness (QED) is 0.814. The van der Waals surface area contributed by atoms with Gasteiger partial charge in [0.2, 0.25) is 0 Å². The molecule has 2 aliphatic heterocycles. The normalized spacial score (nSPS) is 31.9. The fourth-order valence-corrected chi connectivity index (χ4v) is 5.30. The second-order valence-electron chi connectivity index (χ2n) is 5.94. The van der Waals surface area contributed by atoms with E-state index in [0.717, 1.165) is 25.3 Å². The molecule has 1 aromatic carbocycles. The third-order valence-corrected chi connectivity index (χ3v) is 5.82. The number of thioether (sulfide) groups is 1. The number of rotatable bonds is 2. The Morgan fingerprint density at radius 3 is 2.36 bits per heavy atom. The first-order chi connectivity index (χ1) is 10.3. The number of alkyl halides is 3. The number of aliphatic hydroxyl groups is 1. The lowest BCUT2D eigenvalue weighted by molar-refractivity contribution is -0.274. The Morgan fingerprint density at radius 1 is 1.18 bits per heavy atom. The number of hydrogen-bond acceptors (Lipinski definition) is 3. The number of fused-ring (bicyclic) bond motifs is 2. The number of ether oxygens (including phenoxy) is 1. The lowest BCUT2D eigenvalue weighted by Gasteiger charge is -2.44. The van der Waals surface area contributed by atoms with Gasteiger partial charge in [0.15, 0.2) is 0 Å². The maximum Gasteiger partial charge on any atom is 0.573 e. The van der Waals surface area contributed by atoms with Crippen LogP contribution in [-0.4, -0.2) is 22.0 Å². The summed E-state index contributed by atoms with van der Waals surface area (Å²) in [4.78, 5) is 0. The summed E-state index contributed by atoms with van der Waals surface area (Å²) in [5.74, 6) is -1.46. The van der Waals surface area contributed by atoms with Crippen LogP contribution in [0.3, 0.4) is 0 Å². The van der Waals surface area contributed by atoms with Crippen molar-refractivity contribution in [3.63, 3.8) is 0 Å². The second-order valence-corrected chi connectivity index (χ2v) is 7.55. The standard InChI is InChI=1S/C15H16F4O2S/c16-13-6-9(21-15(17,18)19)4-5-12(13)14(20)7-10-2-1-3-11(8-14)22-10/h4-6,10-11,20H,1-3,7-8H2. The summed E-state index contributed by atoms with van der Waals surface area (Å²) in [6.07, 6.45) is -0.904. The van der Waals surface area contributed by atoms with E-state index in [2.05, 4.69) is 4.74 Å². The van der Waals surface area contributed by atoms with Crippen molar-refractivity contribution in [2.75, 3.05) is 0 Å². The van der Waals surface area contributed by atoms with Gasteiger partial charge in [0.25, 0.3) is 0 Å². The minimum absolute atomic E-state index is 0.0687. The van der Waals surface area contributed by atoms with E-state index in [-0.39, 0.29) is 16.1 Å². The van der Waals surface area contributed by atoms with Crippen LogP contribution in [0.2, 0.25) is 0 Å². The number of hydrogen-bond donors (Lipinski definition) is 1. The van der Waals surface area contributed by atoms with E-state index in [0.29, 0.717) is 18.9 Å². The van der Waals surface area contributed by atoms with E-state index in [1.54, 1.807) is 0 Å². The molecule has 2 bridgehead atoms. The van der Waals surface area contributed by atoms with Crippen LogP contribution in [-0.2, 0) is 5.60 Å². The first-order valence-corrected chi connectivity index (χ1v) is 8.13. The Bertz CT molecular complexity index is 549. The molecule has 0 spiro atoms. The highest BCUT2D eigenvalue weighted by Crippen LogP contribution is 2.50. The Kier molecular flexibility index (Phi) is 4.05. The van der Waals surface area contributed by atoms with Crippen LogP contribution in [0, 0.1) is 5.82 Å². The number of halogens is 4. The predicted octanol–water partition coefficient (Wildman–Crippen LogP) is 4.36. The highest BCUT2D eigenvalue weighted by molar-refractivity contribution is 8.00. The van der Waals surface area contributed by atoms with E-state index >= 15 is 0 Å². The SMILES string of the molecule is OC1(c2ccc(OC(F)(F)F)cc2F)CC2CCCC(C1)S2. The minimum Gasteiger partial charge on any atom is -0.406 e. The lowest BCUT2D eigenvalue weighted by Crippen LogP contribution is -2.41. The zero-order valence-corrected chi connectivity index (χ0v) is 12.5. The lowest BCUT2D eigenvalue weighted by atomic mass is 9.80. The molecular formula is C15H16F4O2S. The van der Waals surface area contributed by atoms with E-state index < -0.39 is 23.5 Å². The molecule has 2 unspecified atom stereocenters. The van der Waals surface area contributed by atoms with Gasteiger partial charge in [-0.3, -0.25) is 0 Å². The van der Waals surface area contributed by atoms with Crippen molar-refractivity contribution in [1.29, 1.82) is 0 Å². The molecule has 7 heteroatoms. The molecule has 2 fully saturated rings. The molecule has 2 saturated heterocycles. The van der Waals surface area contributed by atoms with Gasteiger partial charge in [-0.2, -0.15) is 11.8 Å². The maximum absolute atomic E-state index is 14.2. The van der Waals surface area contributed by atoms with Gasteiger partial charge < -0.3 is 9.84 Å². The zero-order valence-electron chi connectivity index (χ0n) is 11.7. The van der Waals surface area contributed by atoms with E-state index in [4.69, 9.17) is 0 Å². The summed E-state index contributed by atoms with van der Waals surface area (Å²) in [7, 11) is 0. The number of benzene rings is 1. The zero-order chi connectivity index (χ0) is 16.0. The summed E-state index contributed by atoms with van der Waals surface area (Å²) in [5.41, 5.74) is -1.23. The molecular weight excluding hydrogens is 320 g/mol. The van der Waals surface area contributed by atoms with Gasteiger partial charge in [0.1, 0.15) is 11.6 Å². The topological polar surface area (TPSA) is 29.5 Å². The second kappa shape index (κ2) is 5.60. The fourth-order valence-electron chi connectivity index (χ4n) is 3.41. The molecule has 2 aliphatic rings. The molecule has 22 heavy (non-hydrogen) atoms. The fraction of sp³-hybridized carbons (Fsp3) is 0.600. The van der Waals surface area contributed by atoms with Gasteiger partial charge in [-0.1, -0.05) is 6.42 Å². The summed E-state index contributed by atoms with van der Waals surface area (Å²) < 4.78 is 54.4. The molecule has 1 N–H and O–H groups in total.